The molecule has 0 bridgehead atoms. The molecule has 0 aromatic heterocycles. The quantitative estimate of drug-likeness (QED) is 0.793. The zero-order valence-electron chi connectivity index (χ0n) is 13.0. The van der Waals surface area contributed by atoms with Crippen molar-refractivity contribution in [2.24, 2.45) is 11.7 Å². The summed E-state index contributed by atoms with van der Waals surface area (Å²) in [7, 11) is 4.57. The Balaban J connectivity index is 1.91. The smallest absolute Gasteiger partial charge is 0.0246 e. The predicted molar refractivity (Wildman–Crippen MR) is 82.3 cm³/mol. The van der Waals surface area contributed by atoms with Crippen molar-refractivity contribution in [3.63, 3.8) is 0 Å². The monoisotopic (exact) mass is 267 g/mol. The number of nitrogens with two attached hydrogens (primary N) is 1. The molecular weight excluding hydrogens is 234 g/mol. The van der Waals surface area contributed by atoms with Crippen LogP contribution in [0.1, 0.15) is 51.4 Å². The molecule has 112 valence electrons. The van der Waals surface area contributed by atoms with Crippen LogP contribution < -0.4 is 5.73 Å². The second-order valence-electron chi connectivity index (χ2n) is 6.75. The first kappa shape index (κ1) is 15.3. The van der Waals surface area contributed by atoms with Crippen molar-refractivity contribution in [1.29, 1.82) is 0 Å². The minimum absolute atomic E-state index is 0.617. The van der Waals surface area contributed by atoms with Crippen molar-refractivity contribution in [3.05, 3.63) is 0 Å². The van der Waals surface area contributed by atoms with Crippen LogP contribution in [-0.4, -0.2) is 55.6 Å². The number of rotatable bonds is 4. The van der Waals surface area contributed by atoms with E-state index < -0.39 is 0 Å². The van der Waals surface area contributed by atoms with Crippen LogP contribution in [0.25, 0.3) is 0 Å². The average Bonchev–Trinajstić information content (AvgIpc) is 2.69. The fourth-order valence-corrected chi connectivity index (χ4v) is 4.06. The van der Waals surface area contributed by atoms with Crippen molar-refractivity contribution in [2.75, 3.05) is 33.7 Å². The number of piperidine rings is 1. The predicted octanol–water partition coefficient (Wildman–Crippen LogP) is 2.31. The van der Waals surface area contributed by atoms with Gasteiger partial charge in [-0.1, -0.05) is 25.7 Å². The Morgan fingerprint density at radius 1 is 1.05 bits per heavy atom. The molecule has 1 aliphatic carbocycles. The molecule has 1 saturated carbocycles. The summed E-state index contributed by atoms with van der Waals surface area (Å²) in [6.07, 6.45) is 11.1. The molecule has 0 radical (unpaired) electrons. The van der Waals surface area contributed by atoms with E-state index in [4.69, 9.17) is 5.73 Å². The number of likely N-dealkylation sites (N-methyl/N-ethyl adjacent to an activating group) is 1. The molecule has 1 aliphatic heterocycles. The van der Waals surface area contributed by atoms with Crippen molar-refractivity contribution in [2.45, 2.75) is 63.5 Å². The third kappa shape index (κ3) is 4.17. The lowest BCUT2D eigenvalue weighted by molar-refractivity contribution is 0.0768. The van der Waals surface area contributed by atoms with Crippen molar-refractivity contribution in [3.8, 4) is 0 Å². The van der Waals surface area contributed by atoms with Gasteiger partial charge in [-0.2, -0.15) is 0 Å². The molecule has 0 aromatic rings. The molecule has 3 heteroatoms. The highest BCUT2D eigenvalue weighted by molar-refractivity contribution is 4.86. The van der Waals surface area contributed by atoms with Crippen LogP contribution in [0.2, 0.25) is 0 Å². The topological polar surface area (TPSA) is 32.5 Å². The zero-order valence-corrected chi connectivity index (χ0v) is 13.0. The molecule has 2 N–H and O–H groups in total. The van der Waals surface area contributed by atoms with Crippen LogP contribution in [0, 0.1) is 5.92 Å². The third-order valence-corrected chi connectivity index (χ3v) is 5.47. The molecule has 2 fully saturated rings. The van der Waals surface area contributed by atoms with Gasteiger partial charge in [0.2, 0.25) is 0 Å². The van der Waals surface area contributed by atoms with E-state index in [1.54, 1.807) is 0 Å². The fraction of sp³-hybridized carbons (Fsp3) is 1.00. The molecule has 1 saturated heterocycles. The van der Waals surface area contributed by atoms with Gasteiger partial charge in [-0.3, -0.25) is 4.90 Å². The lowest BCUT2D eigenvalue weighted by atomic mass is 9.89. The molecule has 1 atom stereocenters. The van der Waals surface area contributed by atoms with E-state index in [0.717, 1.165) is 18.5 Å². The highest BCUT2D eigenvalue weighted by Crippen LogP contribution is 2.29. The molecule has 0 spiro atoms. The van der Waals surface area contributed by atoms with Gasteiger partial charge in [0.1, 0.15) is 0 Å². The normalized spacial score (nSPS) is 26.5. The van der Waals surface area contributed by atoms with Crippen LogP contribution in [-0.2, 0) is 0 Å². The van der Waals surface area contributed by atoms with Crippen LogP contribution >= 0.6 is 0 Å². The second kappa shape index (κ2) is 7.61. The van der Waals surface area contributed by atoms with E-state index in [0.29, 0.717) is 6.04 Å². The third-order valence-electron chi connectivity index (χ3n) is 5.47. The van der Waals surface area contributed by atoms with Gasteiger partial charge in [0.25, 0.3) is 0 Å². The van der Waals surface area contributed by atoms with Gasteiger partial charge in [-0.05, 0) is 58.8 Å². The number of hydrogen-bond donors (Lipinski definition) is 1. The maximum absolute atomic E-state index is 6.14. The molecule has 3 nitrogen and oxygen atoms in total. The SMILES string of the molecule is CN1CCC(N(C)C(CN)C2CCCCCC2)CC1. The van der Waals surface area contributed by atoms with Crippen molar-refractivity contribution >= 4 is 0 Å². The summed E-state index contributed by atoms with van der Waals surface area (Å²) in [5.74, 6) is 0.845. The van der Waals surface area contributed by atoms with E-state index in [1.807, 2.05) is 0 Å². The molecule has 0 aromatic carbocycles. The summed E-state index contributed by atoms with van der Waals surface area (Å²) < 4.78 is 0. The van der Waals surface area contributed by atoms with Gasteiger partial charge >= 0.3 is 0 Å². The van der Waals surface area contributed by atoms with Crippen LogP contribution in [0.4, 0.5) is 0 Å². The Morgan fingerprint density at radius 3 is 2.16 bits per heavy atom. The van der Waals surface area contributed by atoms with E-state index in [1.165, 1.54) is 64.5 Å². The number of hydrogen-bond acceptors (Lipinski definition) is 3. The van der Waals surface area contributed by atoms with E-state index in [2.05, 4.69) is 23.9 Å². The van der Waals surface area contributed by atoms with E-state index in [9.17, 15) is 0 Å². The Labute approximate surface area is 119 Å². The van der Waals surface area contributed by atoms with Gasteiger partial charge in [-0.25, -0.2) is 0 Å². The standard InChI is InChI=1S/C16H33N3/c1-18-11-9-15(10-12-18)19(2)16(13-17)14-7-5-3-4-6-8-14/h14-16H,3-13,17H2,1-2H3. The summed E-state index contributed by atoms with van der Waals surface area (Å²) in [4.78, 5) is 5.09. The first-order valence-corrected chi connectivity index (χ1v) is 8.33. The van der Waals surface area contributed by atoms with E-state index >= 15 is 0 Å². The van der Waals surface area contributed by atoms with Crippen LogP contribution in [0.15, 0.2) is 0 Å². The summed E-state index contributed by atoms with van der Waals surface area (Å²) >= 11 is 0. The van der Waals surface area contributed by atoms with E-state index in [-0.39, 0.29) is 0 Å². The van der Waals surface area contributed by atoms with Crippen LogP contribution in [0.5, 0.6) is 0 Å². The van der Waals surface area contributed by atoms with Gasteiger partial charge in [0.15, 0.2) is 0 Å². The minimum atomic E-state index is 0.617. The maximum atomic E-state index is 6.14. The summed E-state index contributed by atoms with van der Waals surface area (Å²) in [6, 6.07) is 1.37. The maximum Gasteiger partial charge on any atom is 0.0246 e. The number of nitrogens with zero attached hydrogens (tertiary/aromatic N) is 2. The summed E-state index contributed by atoms with van der Waals surface area (Å²) in [6.45, 7) is 3.33. The molecular formula is C16H33N3. The molecule has 1 heterocycles. The molecule has 0 amide bonds. The van der Waals surface area contributed by atoms with Gasteiger partial charge < -0.3 is 10.6 Å². The first-order chi connectivity index (χ1) is 9.22. The highest BCUT2D eigenvalue weighted by atomic mass is 15.2. The van der Waals surface area contributed by atoms with Crippen LogP contribution in [0.3, 0.4) is 0 Å². The largest absolute Gasteiger partial charge is 0.329 e. The molecule has 1 unspecified atom stereocenters. The summed E-state index contributed by atoms with van der Waals surface area (Å²) in [5.41, 5.74) is 6.14. The lowest BCUT2D eigenvalue weighted by Crippen LogP contribution is -2.51. The lowest BCUT2D eigenvalue weighted by Gasteiger charge is -2.42. The highest BCUT2D eigenvalue weighted by Gasteiger charge is 2.30. The van der Waals surface area contributed by atoms with Crippen molar-refractivity contribution < 1.29 is 0 Å². The molecule has 2 rings (SSSR count). The average molecular weight is 267 g/mol. The Morgan fingerprint density at radius 2 is 1.63 bits per heavy atom. The minimum Gasteiger partial charge on any atom is -0.329 e. The zero-order chi connectivity index (χ0) is 13.7. The molecule has 2 aliphatic rings. The van der Waals surface area contributed by atoms with Gasteiger partial charge in [0.05, 0.1) is 0 Å². The van der Waals surface area contributed by atoms with Gasteiger partial charge in [-0.15, -0.1) is 0 Å². The van der Waals surface area contributed by atoms with Crippen molar-refractivity contribution in [1.82, 2.24) is 9.80 Å². The van der Waals surface area contributed by atoms with Gasteiger partial charge in [0, 0.05) is 18.6 Å². The number of likely N-dealkylation sites (tertiary alicyclic amines) is 1. The Kier molecular flexibility index (Phi) is 6.11. The Hall–Kier alpha value is -0.120. The summed E-state index contributed by atoms with van der Waals surface area (Å²) in [5, 5.41) is 0. The first-order valence-electron chi connectivity index (χ1n) is 8.33. The second-order valence-corrected chi connectivity index (χ2v) is 6.75. The fourth-order valence-electron chi connectivity index (χ4n) is 4.06. The molecule has 19 heavy (non-hydrogen) atoms. The Bertz CT molecular complexity index is 240.